The van der Waals surface area contributed by atoms with Crippen molar-refractivity contribution < 1.29 is 19.1 Å². The molecule has 8 heteroatoms. The summed E-state index contributed by atoms with van der Waals surface area (Å²) in [6.07, 6.45) is 5.30. The number of amides is 2. The van der Waals surface area contributed by atoms with Gasteiger partial charge in [-0.3, -0.25) is 25.8 Å². The van der Waals surface area contributed by atoms with Gasteiger partial charge in [0.05, 0.1) is 13.2 Å². The van der Waals surface area contributed by atoms with Gasteiger partial charge in [0.25, 0.3) is 11.8 Å². The number of carbonyl (C=O) groups is 2. The Labute approximate surface area is 223 Å². The predicted molar refractivity (Wildman–Crippen MR) is 149 cm³/mol. The molecular weight excluding hydrogens is 486 g/mol. The maximum absolute atomic E-state index is 12.6. The number of hydrazine groups is 1. The number of thiocarbonyl (C=S) groups is 1. The Bertz CT molecular complexity index is 1150. The fourth-order valence-electron chi connectivity index (χ4n) is 3.47. The van der Waals surface area contributed by atoms with Crippen LogP contribution in [0.2, 0.25) is 0 Å². The van der Waals surface area contributed by atoms with Crippen LogP contribution in [0, 0.1) is 0 Å². The predicted octanol–water partition coefficient (Wildman–Crippen LogP) is 5.22. The number of carbonyl (C=O) groups excluding carboxylic acids is 2. The number of nitrogens with one attached hydrogen (secondary N) is 3. The van der Waals surface area contributed by atoms with Gasteiger partial charge in [-0.1, -0.05) is 62.6 Å². The third kappa shape index (κ3) is 9.93. The molecule has 3 aromatic carbocycles. The van der Waals surface area contributed by atoms with Crippen molar-refractivity contribution in [1.29, 1.82) is 0 Å². The van der Waals surface area contributed by atoms with Crippen molar-refractivity contribution in [3.05, 3.63) is 95.6 Å². The molecule has 0 heterocycles. The average molecular weight is 520 g/mol. The van der Waals surface area contributed by atoms with E-state index in [9.17, 15) is 9.59 Å². The van der Waals surface area contributed by atoms with E-state index < -0.39 is 5.91 Å². The van der Waals surface area contributed by atoms with Crippen molar-refractivity contribution in [2.75, 3.05) is 13.2 Å². The molecule has 194 valence electrons. The molecular formula is C29H33N3O4S. The topological polar surface area (TPSA) is 88.7 Å². The maximum Gasteiger partial charge on any atom is 0.269 e. The number of ether oxygens (including phenoxy) is 2. The lowest BCUT2D eigenvalue weighted by atomic mass is 10.2. The summed E-state index contributed by atoms with van der Waals surface area (Å²) in [7, 11) is 0. The van der Waals surface area contributed by atoms with Crippen LogP contribution in [0.4, 0.5) is 0 Å². The van der Waals surface area contributed by atoms with Crippen LogP contribution in [0.5, 0.6) is 11.5 Å². The number of benzene rings is 3. The highest BCUT2D eigenvalue weighted by atomic mass is 32.1. The van der Waals surface area contributed by atoms with Crippen LogP contribution in [-0.2, 0) is 6.42 Å². The summed E-state index contributed by atoms with van der Waals surface area (Å²) in [6, 6.07) is 23.7. The standard InChI is InChI=1S/C29H33N3O4S/c1-2-3-4-8-19-35-25-16-14-23(15-17-25)28(34)31-32-29(37)30-27(33)24-12-9-13-26(21-24)36-20-18-22-10-6-5-7-11-22/h5-7,9-17,21H,2-4,8,18-20H2,1H3,(H,31,34)(H2,30,32,33,37). The van der Waals surface area contributed by atoms with Gasteiger partial charge in [-0.15, -0.1) is 0 Å². The van der Waals surface area contributed by atoms with E-state index in [-0.39, 0.29) is 11.0 Å². The van der Waals surface area contributed by atoms with Gasteiger partial charge in [-0.25, -0.2) is 0 Å². The van der Waals surface area contributed by atoms with E-state index in [0.717, 1.165) is 25.0 Å². The van der Waals surface area contributed by atoms with Crippen LogP contribution in [0.1, 0.15) is 58.9 Å². The summed E-state index contributed by atoms with van der Waals surface area (Å²) in [5.41, 5.74) is 7.04. The highest BCUT2D eigenvalue weighted by Gasteiger charge is 2.11. The molecule has 0 saturated carbocycles. The molecule has 0 saturated heterocycles. The Kier molecular flexibility index (Phi) is 11.4. The second-order valence-corrected chi connectivity index (χ2v) is 8.82. The van der Waals surface area contributed by atoms with Crippen LogP contribution in [0.15, 0.2) is 78.9 Å². The third-order valence-corrected chi connectivity index (χ3v) is 5.70. The van der Waals surface area contributed by atoms with Crippen molar-refractivity contribution in [3.8, 4) is 11.5 Å². The van der Waals surface area contributed by atoms with Gasteiger partial charge < -0.3 is 9.47 Å². The van der Waals surface area contributed by atoms with Gasteiger partial charge in [0.15, 0.2) is 5.11 Å². The van der Waals surface area contributed by atoms with Crippen LogP contribution >= 0.6 is 12.2 Å². The third-order valence-electron chi connectivity index (χ3n) is 5.50. The van der Waals surface area contributed by atoms with E-state index in [1.807, 2.05) is 30.3 Å². The SMILES string of the molecule is CCCCCCOc1ccc(C(=O)NNC(=S)NC(=O)c2cccc(OCCc3ccccc3)c2)cc1. The zero-order valence-corrected chi connectivity index (χ0v) is 21.8. The molecule has 0 spiro atoms. The average Bonchev–Trinajstić information content (AvgIpc) is 2.93. The monoisotopic (exact) mass is 519 g/mol. The molecule has 3 aromatic rings. The van der Waals surface area contributed by atoms with E-state index >= 15 is 0 Å². The molecule has 7 nitrogen and oxygen atoms in total. The number of hydrogen-bond donors (Lipinski definition) is 3. The molecule has 0 unspecified atom stereocenters. The quantitative estimate of drug-likeness (QED) is 0.173. The molecule has 2 amide bonds. The summed E-state index contributed by atoms with van der Waals surface area (Å²) in [4.78, 5) is 25.0. The van der Waals surface area contributed by atoms with Crippen LogP contribution < -0.4 is 25.6 Å². The van der Waals surface area contributed by atoms with Crippen molar-refractivity contribution in [2.45, 2.75) is 39.0 Å². The molecule has 0 fully saturated rings. The van der Waals surface area contributed by atoms with E-state index in [0.29, 0.717) is 30.1 Å². The molecule has 0 aliphatic rings. The second kappa shape index (κ2) is 15.3. The summed E-state index contributed by atoms with van der Waals surface area (Å²) in [5.74, 6) is 0.500. The lowest BCUT2D eigenvalue weighted by molar-refractivity contribution is 0.0934. The van der Waals surface area contributed by atoms with Gasteiger partial charge in [0.2, 0.25) is 0 Å². The Hall–Kier alpha value is -3.91. The van der Waals surface area contributed by atoms with Gasteiger partial charge >= 0.3 is 0 Å². The fourth-order valence-corrected chi connectivity index (χ4v) is 3.62. The smallest absolute Gasteiger partial charge is 0.269 e. The summed E-state index contributed by atoms with van der Waals surface area (Å²) >= 11 is 5.15. The number of rotatable bonds is 12. The second-order valence-electron chi connectivity index (χ2n) is 8.41. The first-order valence-electron chi connectivity index (χ1n) is 12.5. The first-order valence-corrected chi connectivity index (χ1v) is 12.9. The Morgan fingerprint density at radius 2 is 1.49 bits per heavy atom. The van der Waals surface area contributed by atoms with Crippen molar-refractivity contribution in [3.63, 3.8) is 0 Å². The van der Waals surface area contributed by atoms with E-state index in [1.54, 1.807) is 48.5 Å². The summed E-state index contributed by atoms with van der Waals surface area (Å²) < 4.78 is 11.5. The lowest BCUT2D eigenvalue weighted by Gasteiger charge is -2.12. The minimum absolute atomic E-state index is 0.0271. The molecule has 0 aliphatic heterocycles. The molecule has 3 N–H and O–H groups in total. The molecule has 0 aromatic heterocycles. The highest BCUT2D eigenvalue weighted by molar-refractivity contribution is 7.80. The van der Waals surface area contributed by atoms with Gasteiger partial charge in [0, 0.05) is 17.5 Å². The zero-order chi connectivity index (χ0) is 26.3. The van der Waals surface area contributed by atoms with Gasteiger partial charge in [-0.2, -0.15) is 0 Å². The minimum Gasteiger partial charge on any atom is -0.494 e. The van der Waals surface area contributed by atoms with Crippen molar-refractivity contribution in [2.24, 2.45) is 0 Å². The largest absolute Gasteiger partial charge is 0.494 e. The van der Waals surface area contributed by atoms with E-state index in [4.69, 9.17) is 21.7 Å². The van der Waals surface area contributed by atoms with Crippen LogP contribution in [-0.4, -0.2) is 30.1 Å². The van der Waals surface area contributed by atoms with E-state index in [2.05, 4.69) is 23.1 Å². The molecule has 37 heavy (non-hydrogen) atoms. The van der Waals surface area contributed by atoms with Crippen LogP contribution in [0.3, 0.4) is 0 Å². The molecule has 0 atom stereocenters. The molecule has 0 radical (unpaired) electrons. The molecule has 3 rings (SSSR count). The van der Waals surface area contributed by atoms with Crippen LogP contribution in [0.25, 0.3) is 0 Å². The molecule has 0 bridgehead atoms. The number of hydrogen-bond acceptors (Lipinski definition) is 5. The van der Waals surface area contributed by atoms with Crippen molar-refractivity contribution in [1.82, 2.24) is 16.2 Å². The Morgan fingerprint density at radius 1 is 0.730 bits per heavy atom. The summed E-state index contributed by atoms with van der Waals surface area (Å²) in [6.45, 7) is 3.32. The highest BCUT2D eigenvalue weighted by Crippen LogP contribution is 2.15. The first-order chi connectivity index (χ1) is 18.0. The fraction of sp³-hybridized carbons (Fsp3) is 0.276. The Morgan fingerprint density at radius 3 is 2.24 bits per heavy atom. The minimum atomic E-state index is -0.416. The normalized spacial score (nSPS) is 10.3. The summed E-state index contributed by atoms with van der Waals surface area (Å²) in [5, 5.41) is 2.52. The van der Waals surface area contributed by atoms with Gasteiger partial charge in [0.1, 0.15) is 11.5 Å². The molecule has 0 aliphatic carbocycles. The first kappa shape index (κ1) is 27.7. The Balaban J connectivity index is 1.39. The maximum atomic E-state index is 12.6. The van der Waals surface area contributed by atoms with E-state index in [1.165, 1.54) is 18.4 Å². The lowest BCUT2D eigenvalue weighted by Crippen LogP contribution is -2.48. The zero-order valence-electron chi connectivity index (χ0n) is 21.0. The van der Waals surface area contributed by atoms with Gasteiger partial charge in [-0.05, 0) is 66.7 Å². The van der Waals surface area contributed by atoms with Crippen molar-refractivity contribution >= 4 is 29.1 Å². The number of unbranched alkanes of at least 4 members (excludes halogenated alkanes) is 3.